The van der Waals surface area contributed by atoms with E-state index in [1.54, 1.807) is 29.3 Å². The molecule has 0 aliphatic rings. The summed E-state index contributed by atoms with van der Waals surface area (Å²) in [5.74, 6) is 0.410. The first kappa shape index (κ1) is 16.8. The number of carbonyl (C=O) groups excluding carboxylic acids is 1. The Morgan fingerprint density at radius 1 is 1.32 bits per heavy atom. The van der Waals surface area contributed by atoms with Gasteiger partial charge in [-0.2, -0.15) is 0 Å². The molecule has 0 unspecified atom stereocenters. The summed E-state index contributed by atoms with van der Waals surface area (Å²) < 4.78 is 2.12. The number of hydrogen-bond acceptors (Lipinski definition) is 3. The minimum Gasteiger partial charge on any atom is -0.384 e. The molecule has 128 valence electrons. The first-order valence-corrected chi connectivity index (χ1v) is 8.14. The Labute approximate surface area is 147 Å². The molecule has 0 saturated carbocycles. The number of hydrogen-bond donors (Lipinski definition) is 1. The highest BCUT2D eigenvalue weighted by Gasteiger charge is 2.12. The van der Waals surface area contributed by atoms with Crippen molar-refractivity contribution in [2.45, 2.75) is 13.5 Å². The van der Waals surface area contributed by atoms with Crippen LogP contribution < -0.4 is 5.73 Å². The van der Waals surface area contributed by atoms with Crippen molar-refractivity contribution in [3.63, 3.8) is 0 Å². The van der Waals surface area contributed by atoms with Crippen molar-refractivity contribution in [3.8, 4) is 0 Å². The number of benzene rings is 1. The van der Waals surface area contributed by atoms with Gasteiger partial charge in [-0.1, -0.05) is 18.2 Å². The van der Waals surface area contributed by atoms with Crippen LogP contribution in [-0.4, -0.2) is 27.4 Å². The second-order valence-electron chi connectivity index (χ2n) is 6.28. The van der Waals surface area contributed by atoms with Crippen molar-refractivity contribution in [1.29, 1.82) is 0 Å². The number of carbonyl (C=O) groups is 1. The van der Waals surface area contributed by atoms with Gasteiger partial charge >= 0.3 is 0 Å². The molecule has 1 aromatic carbocycles. The molecule has 5 heteroatoms. The van der Waals surface area contributed by atoms with Gasteiger partial charge in [0.05, 0.1) is 5.52 Å². The van der Waals surface area contributed by atoms with Crippen LogP contribution in [0.5, 0.6) is 0 Å². The number of likely N-dealkylation sites (N-methyl/N-ethyl adjacent to an activating group) is 1. The van der Waals surface area contributed by atoms with Gasteiger partial charge < -0.3 is 15.2 Å². The number of nitrogen functional groups attached to an aromatic ring is 1. The number of rotatable bonds is 4. The molecule has 3 aromatic rings. The van der Waals surface area contributed by atoms with Crippen LogP contribution in [-0.2, 0) is 18.4 Å². The van der Waals surface area contributed by atoms with Crippen molar-refractivity contribution in [1.82, 2.24) is 14.5 Å². The number of amides is 1. The van der Waals surface area contributed by atoms with E-state index in [0.717, 1.165) is 11.1 Å². The standard InChI is InChI=1S/C20H22N4O/c1-14-5-4-6-17-16(13-24(3)20(14)17)12-23(2)19(25)10-8-15-7-9-18(21)22-11-15/h4-11,13H,12H2,1-3H3,(H2,21,22). The predicted molar refractivity (Wildman–Crippen MR) is 102 cm³/mol. The zero-order valence-electron chi connectivity index (χ0n) is 14.7. The van der Waals surface area contributed by atoms with E-state index in [1.165, 1.54) is 16.5 Å². The maximum Gasteiger partial charge on any atom is 0.246 e. The molecule has 3 rings (SSSR count). The molecule has 2 N–H and O–H groups in total. The molecule has 0 atom stereocenters. The van der Waals surface area contributed by atoms with Crippen LogP contribution in [0.4, 0.5) is 5.82 Å². The second-order valence-corrected chi connectivity index (χ2v) is 6.28. The zero-order chi connectivity index (χ0) is 18.0. The number of para-hydroxylation sites is 1. The molecule has 1 amide bonds. The summed E-state index contributed by atoms with van der Waals surface area (Å²) in [7, 11) is 3.84. The van der Waals surface area contributed by atoms with Gasteiger partial charge in [-0.25, -0.2) is 4.98 Å². The predicted octanol–water partition coefficient (Wildman–Crippen LogP) is 3.14. The third-order valence-electron chi connectivity index (χ3n) is 4.30. The molecule has 25 heavy (non-hydrogen) atoms. The Bertz CT molecular complexity index is 938. The van der Waals surface area contributed by atoms with E-state index in [1.807, 2.05) is 20.2 Å². The fraction of sp³-hybridized carbons (Fsp3) is 0.200. The van der Waals surface area contributed by atoms with E-state index in [-0.39, 0.29) is 5.91 Å². The van der Waals surface area contributed by atoms with Crippen molar-refractivity contribution in [2.75, 3.05) is 12.8 Å². The Hall–Kier alpha value is -3.08. The third kappa shape index (κ3) is 3.55. The molecule has 0 saturated heterocycles. The second kappa shape index (κ2) is 6.81. The van der Waals surface area contributed by atoms with E-state index in [9.17, 15) is 4.79 Å². The lowest BCUT2D eigenvalue weighted by atomic mass is 10.1. The van der Waals surface area contributed by atoms with Gasteiger partial charge in [0.1, 0.15) is 5.82 Å². The quantitative estimate of drug-likeness (QED) is 0.746. The van der Waals surface area contributed by atoms with Crippen molar-refractivity contribution < 1.29 is 4.79 Å². The molecule has 2 heterocycles. The lowest BCUT2D eigenvalue weighted by Crippen LogP contribution is -2.24. The van der Waals surface area contributed by atoms with Crippen molar-refractivity contribution in [3.05, 3.63) is 65.5 Å². The fourth-order valence-electron chi connectivity index (χ4n) is 3.02. The number of aromatic nitrogens is 2. The van der Waals surface area contributed by atoms with Crippen molar-refractivity contribution in [2.24, 2.45) is 7.05 Å². The number of pyridine rings is 1. The van der Waals surface area contributed by atoms with Crippen LogP contribution in [0.2, 0.25) is 0 Å². The Morgan fingerprint density at radius 2 is 2.12 bits per heavy atom. The van der Waals surface area contributed by atoms with Gasteiger partial charge in [-0.05, 0) is 41.8 Å². The van der Waals surface area contributed by atoms with E-state index >= 15 is 0 Å². The van der Waals surface area contributed by atoms with Gasteiger partial charge in [-0.15, -0.1) is 0 Å². The molecular formula is C20H22N4O. The minimum atomic E-state index is -0.0542. The average molecular weight is 334 g/mol. The van der Waals surface area contributed by atoms with Crippen LogP contribution in [0.1, 0.15) is 16.7 Å². The first-order chi connectivity index (χ1) is 12.0. The van der Waals surface area contributed by atoms with Gasteiger partial charge in [0.15, 0.2) is 0 Å². The molecule has 0 aliphatic carbocycles. The Balaban J connectivity index is 1.76. The molecule has 0 aliphatic heterocycles. The SMILES string of the molecule is Cc1cccc2c(CN(C)C(=O)C=Cc3ccc(N)nc3)cn(C)c12. The van der Waals surface area contributed by atoms with E-state index in [2.05, 4.69) is 40.9 Å². The number of anilines is 1. The number of nitrogens with zero attached hydrogens (tertiary/aromatic N) is 3. The Morgan fingerprint density at radius 3 is 2.84 bits per heavy atom. The van der Waals surface area contributed by atoms with Gasteiger partial charge in [0.2, 0.25) is 5.91 Å². The summed E-state index contributed by atoms with van der Waals surface area (Å²) in [4.78, 5) is 18.1. The van der Waals surface area contributed by atoms with Gasteiger partial charge in [-0.3, -0.25) is 4.79 Å². The van der Waals surface area contributed by atoms with Crippen LogP contribution in [0.3, 0.4) is 0 Å². The molecular weight excluding hydrogens is 312 g/mol. The first-order valence-electron chi connectivity index (χ1n) is 8.14. The number of fused-ring (bicyclic) bond motifs is 1. The largest absolute Gasteiger partial charge is 0.384 e. The maximum absolute atomic E-state index is 12.4. The fourth-order valence-corrected chi connectivity index (χ4v) is 3.02. The molecule has 5 nitrogen and oxygen atoms in total. The van der Waals surface area contributed by atoms with Crippen molar-refractivity contribution >= 4 is 28.7 Å². The van der Waals surface area contributed by atoms with Gasteiger partial charge in [0, 0.05) is 44.5 Å². The van der Waals surface area contributed by atoms with Gasteiger partial charge in [0.25, 0.3) is 0 Å². The number of aryl methyl sites for hydroxylation is 2. The summed E-state index contributed by atoms with van der Waals surface area (Å²) in [6.07, 6.45) is 7.05. The highest BCUT2D eigenvalue weighted by atomic mass is 16.2. The summed E-state index contributed by atoms with van der Waals surface area (Å²) in [6, 6.07) is 9.80. The normalized spacial score (nSPS) is 11.3. The molecule has 0 spiro atoms. The minimum absolute atomic E-state index is 0.0542. The molecule has 0 fully saturated rings. The lowest BCUT2D eigenvalue weighted by molar-refractivity contribution is -0.125. The topological polar surface area (TPSA) is 64.2 Å². The number of nitrogens with two attached hydrogens (primary N) is 1. The summed E-state index contributed by atoms with van der Waals surface area (Å²) >= 11 is 0. The van der Waals surface area contributed by atoms with Crippen LogP contribution in [0.25, 0.3) is 17.0 Å². The van der Waals surface area contributed by atoms with Crippen LogP contribution in [0.15, 0.2) is 48.8 Å². The van der Waals surface area contributed by atoms with E-state index < -0.39 is 0 Å². The highest BCUT2D eigenvalue weighted by molar-refractivity contribution is 5.92. The smallest absolute Gasteiger partial charge is 0.246 e. The summed E-state index contributed by atoms with van der Waals surface area (Å²) in [6.45, 7) is 2.66. The van der Waals surface area contributed by atoms with E-state index in [0.29, 0.717) is 12.4 Å². The molecule has 0 bridgehead atoms. The molecule has 2 aromatic heterocycles. The maximum atomic E-state index is 12.4. The average Bonchev–Trinajstić information content (AvgIpc) is 2.91. The zero-order valence-corrected chi connectivity index (χ0v) is 14.7. The third-order valence-corrected chi connectivity index (χ3v) is 4.30. The monoisotopic (exact) mass is 334 g/mol. The van der Waals surface area contributed by atoms with Crippen LogP contribution in [0, 0.1) is 6.92 Å². The summed E-state index contributed by atoms with van der Waals surface area (Å²) in [5, 5.41) is 1.19. The Kier molecular flexibility index (Phi) is 4.57. The summed E-state index contributed by atoms with van der Waals surface area (Å²) in [5.41, 5.74) is 9.99. The van der Waals surface area contributed by atoms with E-state index in [4.69, 9.17) is 5.73 Å². The van der Waals surface area contributed by atoms with Crippen LogP contribution >= 0.6 is 0 Å². The lowest BCUT2D eigenvalue weighted by Gasteiger charge is -2.14. The highest BCUT2D eigenvalue weighted by Crippen LogP contribution is 2.24. The molecule has 0 radical (unpaired) electrons.